The number of nitro benzene ring substituents is 1. The zero-order valence-electron chi connectivity index (χ0n) is 11.8. The zero-order chi connectivity index (χ0) is 15.2. The van der Waals surface area contributed by atoms with Crippen LogP contribution in [0.3, 0.4) is 0 Å². The fourth-order valence-electron chi connectivity index (χ4n) is 2.08. The molecule has 5 nitrogen and oxygen atoms in total. The Balaban J connectivity index is 1.92. The molecule has 0 heterocycles. The van der Waals surface area contributed by atoms with Gasteiger partial charge in [-0.05, 0) is 30.2 Å². The third kappa shape index (κ3) is 4.11. The smallest absolute Gasteiger partial charge is 0.269 e. The molecule has 0 bridgehead atoms. The number of nitrogens with zero attached hydrogens (tertiary/aromatic N) is 1. The first kappa shape index (κ1) is 15.2. The Hall–Kier alpha value is -2.24. The Morgan fingerprint density at radius 3 is 2.29 bits per heavy atom. The molecule has 0 aliphatic heterocycles. The van der Waals surface area contributed by atoms with Gasteiger partial charge in [-0.1, -0.05) is 30.3 Å². The van der Waals surface area contributed by atoms with Gasteiger partial charge in [-0.25, -0.2) is 0 Å². The lowest BCUT2D eigenvalue weighted by Crippen LogP contribution is -2.24. The van der Waals surface area contributed by atoms with E-state index in [9.17, 15) is 15.2 Å². The van der Waals surface area contributed by atoms with Crippen LogP contribution in [0.15, 0.2) is 54.6 Å². The monoisotopic (exact) mass is 286 g/mol. The maximum absolute atomic E-state index is 10.6. The Morgan fingerprint density at radius 1 is 1.10 bits per heavy atom. The van der Waals surface area contributed by atoms with Crippen molar-refractivity contribution < 1.29 is 10.0 Å². The van der Waals surface area contributed by atoms with Crippen LogP contribution in [-0.4, -0.2) is 16.6 Å². The van der Waals surface area contributed by atoms with Crippen molar-refractivity contribution in [1.82, 2.24) is 5.32 Å². The lowest BCUT2D eigenvalue weighted by molar-refractivity contribution is -0.384. The van der Waals surface area contributed by atoms with E-state index in [1.807, 2.05) is 37.3 Å². The van der Waals surface area contributed by atoms with E-state index in [1.54, 1.807) is 12.1 Å². The third-order valence-electron chi connectivity index (χ3n) is 3.41. The van der Waals surface area contributed by atoms with E-state index in [-0.39, 0.29) is 11.7 Å². The lowest BCUT2D eigenvalue weighted by Gasteiger charge is -2.17. The number of aliphatic hydroxyl groups excluding tert-OH is 1. The summed E-state index contributed by atoms with van der Waals surface area (Å²) in [6.07, 6.45) is -0.697. The molecule has 0 fully saturated rings. The summed E-state index contributed by atoms with van der Waals surface area (Å²) in [4.78, 5) is 10.1. The number of nitro groups is 1. The Bertz CT molecular complexity index is 584. The van der Waals surface area contributed by atoms with Gasteiger partial charge in [-0.3, -0.25) is 10.1 Å². The molecule has 0 spiro atoms. The van der Waals surface area contributed by atoms with E-state index < -0.39 is 11.0 Å². The van der Waals surface area contributed by atoms with E-state index in [2.05, 4.69) is 5.32 Å². The minimum absolute atomic E-state index is 0.0246. The maximum Gasteiger partial charge on any atom is 0.269 e. The molecule has 21 heavy (non-hydrogen) atoms. The number of hydrogen-bond acceptors (Lipinski definition) is 4. The van der Waals surface area contributed by atoms with Crippen LogP contribution in [0.4, 0.5) is 5.69 Å². The minimum atomic E-state index is -0.697. The maximum atomic E-state index is 10.6. The van der Waals surface area contributed by atoms with Gasteiger partial charge in [0.25, 0.3) is 5.69 Å². The van der Waals surface area contributed by atoms with Gasteiger partial charge < -0.3 is 10.4 Å². The predicted molar refractivity (Wildman–Crippen MR) is 80.9 cm³/mol. The number of rotatable bonds is 6. The molecule has 0 aliphatic carbocycles. The molecule has 0 unspecified atom stereocenters. The SMILES string of the molecule is C[C@@H](NC[C@@H](O)c1ccc([N+](=O)[O-])cc1)c1ccccc1. The first-order valence-electron chi connectivity index (χ1n) is 6.78. The normalized spacial score (nSPS) is 13.6. The standard InChI is InChI=1S/C16H18N2O3/c1-12(13-5-3-2-4-6-13)17-11-16(19)14-7-9-15(10-8-14)18(20)21/h2-10,12,16-17,19H,11H2,1H3/t12-,16-/m1/s1. The summed E-state index contributed by atoms with van der Waals surface area (Å²) in [6, 6.07) is 16.0. The van der Waals surface area contributed by atoms with Gasteiger partial charge >= 0.3 is 0 Å². The highest BCUT2D eigenvalue weighted by Gasteiger charge is 2.12. The second kappa shape index (κ2) is 6.97. The molecule has 0 amide bonds. The summed E-state index contributed by atoms with van der Waals surface area (Å²) in [5.74, 6) is 0. The molecule has 2 rings (SSSR count). The molecule has 2 atom stereocenters. The quantitative estimate of drug-likeness (QED) is 0.632. The van der Waals surface area contributed by atoms with Crippen molar-refractivity contribution in [1.29, 1.82) is 0 Å². The van der Waals surface area contributed by atoms with Crippen molar-refractivity contribution in [2.75, 3.05) is 6.54 Å². The summed E-state index contributed by atoms with van der Waals surface area (Å²) in [5.41, 5.74) is 1.83. The van der Waals surface area contributed by atoms with Gasteiger partial charge in [0.05, 0.1) is 11.0 Å². The molecule has 2 aromatic carbocycles. The molecule has 0 saturated heterocycles. The first-order chi connectivity index (χ1) is 10.1. The summed E-state index contributed by atoms with van der Waals surface area (Å²) in [6.45, 7) is 2.41. The Morgan fingerprint density at radius 2 is 1.71 bits per heavy atom. The van der Waals surface area contributed by atoms with Crippen LogP contribution in [0.25, 0.3) is 0 Å². The second-order valence-electron chi connectivity index (χ2n) is 4.91. The number of benzene rings is 2. The average Bonchev–Trinajstić information content (AvgIpc) is 2.53. The fraction of sp³-hybridized carbons (Fsp3) is 0.250. The number of non-ortho nitro benzene ring substituents is 1. The molecule has 0 radical (unpaired) electrons. The van der Waals surface area contributed by atoms with E-state index in [1.165, 1.54) is 12.1 Å². The second-order valence-corrected chi connectivity index (χ2v) is 4.91. The molecule has 2 N–H and O–H groups in total. The molecule has 2 aromatic rings. The highest BCUT2D eigenvalue weighted by atomic mass is 16.6. The van der Waals surface area contributed by atoms with Crippen LogP contribution in [0.1, 0.15) is 30.2 Å². The predicted octanol–water partition coefficient (Wildman–Crippen LogP) is 2.98. The summed E-state index contributed by atoms with van der Waals surface area (Å²) >= 11 is 0. The van der Waals surface area contributed by atoms with Crippen LogP contribution in [-0.2, 0) is 0 Å². The van der Waals surface area contributed by atoms with Crippen LogP contribution < -0.4 is 5.32 Å². The summed E-state index contributed by atoms with van der Waals surface area (Å²) in [5, 5.41) is 23.9. The van der Waals surface area contributed by atoms with Crippen molar-refractivity contribution in [3.8, 4) is 0 Å². The number of nitrogens with one attached hydrogen (secondary N) is 1. The van der Waals surface area contributed by atoms with Gasteiger partial charge in [0.2, 0.25) is 0 Å². The first-order valence-corrected chi connectivity index (χ1v) is 6.78. The van der Waals surface area contributed by atoms with Crippen LogP contribution in [0, 0.1) is 10.1 Å². The van der Waals surface area contributed by atoms with Crippen molar-refractivity contribution >= 4 is 5.69 Å². The highest BCUT2D eigenvalue weighted by molar-refractivity contribution is 5.33. The van der Waals surface area contributed by atoms with Gasteiger partial charge in [-0.15, -0.1) is 0 Å². The molecule has 5 heteroatoms. The zero-order valence-corrected chi connectivity index (χ0v) is 11.8. The third-order valence-corrected chi connectivity index (χ3v) is 3.41. The summed E-state index contributed by atoms with van der Waals surface area (Å²) < 4.78 is 0. The summed E-state index contributed by atoms with van der Waals surface area (Å²) in [7, 11) is 0. The van der Waals surface area contributed by atoms with Gasteiger partial charge in [0.15, 0.2) is 0 Å². The van der Waals surface area contributed by atoms with Crippen LogP contribution in [0.2, 0.25) is 0 Å². The van der Waals surface area contributed by atoms with E-state index in [0.29, 0.717) is 12.1 Å². The highest BCUT2D eigenvalue weighted by Crippen LogP contribution is 2.18. The van der Waals surface area contributed by atoms with Crippen molar-refractivity contribution in [3.05, 3.63) is 75.8 Å². The molecule has 0 aliphatic rings. The molecular formula is C16H18N2O3. The van der Waals surface area contributed by atoms with Crippen molar-refractivity contribution in [3.63, 3.8) is 0 Å². The van der Waals surface area contributed by atoms with Crippen LogP contribution >= 0.6 is 0 Å². The van der Waals surface area contributed by atoms with Gasteiger partial charge in [0, 0.05) is 24.7 Å². The Kier molecular flexibility index (Phi) is 5.03. The van der Waals surface area contributed by atoms with E-state index >= 15 is 0 Å². The topological polar surface area (TPSA) is 75.4 Å². The van der Waals surface area contributed by atoms with Gasteiger partial charge in [0.1, 0.15) is 0 Å². The van der Waals surface area contributed by atoms with E-state index in [4.69, 9.17) is 0 Å². The molecule has 0 saturated carbocycles. The minimum Gasteiger partial charge on any atom is -0.387 e. The van der Waals surface area contributed by atoms with E-state index in [0.717, 1.165) is 5.56 Å². The van der Waals surface area contributed by atoms with Crippen LogP contribution in [0.5, 0.6) is 0 Å². The molecule has 110 valence electrons. The fourth-order valence-corrected chi connectivity index (χ4v) is 2.08. The van der Waals surface area contributed by atoms with Crippen molar-refractivity contribution in [2.24, 2.45) is 0 Å². The molecule has 0 aromatic heterocycles. The lowest BCUT2D eigenvalue weighted by atomic mass is 10.1. The van der Waals surface area contributed by atoms with Gasteiger partial charge in [-0.2, -0.15) is 0 Å². The van der Waals surface area contributed by atoms with Crippen molar-refractivity contribution in [2.45, 2.75) is 19.1 Å². The molecular weight excluding hydrogens is 268 g/mol. The number of hydrogen-bond donors (Lipinski definition) is 2. The average molecular weight is 286 g/mol. The Labute approximate surface area is 123 Å². The largest absolute Gasteiger partial charge is 0.387 e. The number of aliphatic hydroxyl groups is 1.